The third-order valence-corrected chi connectivity index (χ3v) is 2.86. The zero-order valence-corrected chi connectivity index (χ0v) is 8.94. The quantitative estimate of drug-likeness (QED) is 0.817. The second-order valence-corrected chi connectivity index (χ2v) is 4.91. The summed E-state index contributed by atoms with van der Waals surface area (Å²) in [7, 11) is -3.56. The van der Waals surface area contributed by atoms with Gasteiger partial charge < -0.3 is 5.11 Å². The third kappa shape index (κ3) is 3.25. The monoisotopic (exact) mass is 229 g/mol. The molecule has 1 aromatic carbocycles. The summed E-state index contributed by atoms with van der Waals surface area (Å²) in [6.45, 7) is -0.567. The number of hydrogen-bond acceptors (Lipinski definition) is 3. The van der Waals surface area contributed by atoms with Crippen molar-refractivity contribution >= 4 is 21.7 Å². The second kappa shape index (κ2) is 4.31. The van der Waals surface area contributed by atoms with E-state index in [1.807, 2.05) is 0 Å². The van der Waals surface area contributed by atoms with E-state index in [1.165, 1.54) is 0 Å². The Morgan fingerprint density at radius 2 is 1.87 bits per heavy atom. The second-order valence-electron chi connectivity index (χ2n) is 3.00. The van der Waals surface area contributed by atoms with Crippen LogP contribution in [-0.4, -0.2) is 32.3 Å². The Morgan fingerprint density at radius 1 is 1.33 bits per heavy atom. The molecule has 1 N–H and O–H groups in total. The van der Waals surface area contributed by atoms with E-state index in [-0.39, 0.29) is 0 Å². The SMILES string of the molecule is CS(=O)(=O)N(CC(=O)O)c1ccccc1. The van der Waals surface area contributed by atoms with Gasteiger partial charge in [0, 0.05) is 0 Å². The van der Waals surface area contributed by atoms with E-state index < -0.39 is 22.5 Å². The molecule has 0 spiro atoms. The Labute approximate surface area is 88.0 Å². The lowest BCUT2D eigenvalue weighted by molar-refractivity contribution is -0.135. The van der Waals surface area contributed by atoms with Crippen LogP contribution in [0.5, 0.6) is 0 Å². The van der Waals surface area contributed by atoms with Crippen molar-refractivity contribution in [2.45, 2.75) is 0 Å². The Balaban J connectivity index is 3.08. The number of para-hydroxylation sites is 1. The van der Waals surface area contributed by atoms with E-state index in [4.69, 9.17) is 5.11 Å². The van der Waals surface area contributed by atoms with Crippen LogP contribution in [0, 0.1) is 0 Å². The molecular weight excluding hydrogens is 218 g/mol. The molecule has 82 valence electrons. The number of carboxylic acid groups (broad SMARTS) is 1. The van der Waals surface area contributed by atoms with Crippen molar-refractivity contribution < 1.29 is 18.3 Å². The standard InChI is InChI=1S/C9H11NO4S/c1-15(13,14)10(7-9(11)12)8-5-3-2-4-6-8/h2-6H,7H2,1H3,(H,11,12). The maximum Gasteiger partial charge on any atom is 0.324 e. The number of hydrogen-bond donors (Lipinski definition) is 1. The summed E-state index contributed by atoms with van der Waals surface area (Å²) in [5.41, 5.74) is 0.349. The van der Waals surface area contributed by atoms with Crippen molar-refractivity contribution in [1.82, 2.24) is 0 Å². The van der Waals surface area contributed by atoms with Crippen LogP contribution in [0.4, 0.5) is 5.69 Å². The summed E-state index contributed by atoms with van der Waals surface area (Å²) in [5.74, 6) is -1.19. The average molecular weight is 229 g/mol. The average Bonchev–Trinajstić information content (AvgIpc) is 2.14. The third-order valence-electron chi connectivity index (χ3n) is 1.72. The van der Waals surface area contributed by atoms with Crippen LogP contribution in [-0.2, 0) is 14.8 Å². The molecular formula is C9H11NO4S. The molecule has 0 aliphatic carbocycles. The fourth-order valence-corrected chi connectivity index (χ4v) is 1.97. The minimum Gasteiger partial charge on any atom is -0.480 e. The van der Waals surface area contributed by atoms with Gasteiger partial charge in [-0.15, -0.1) is 0 Å². The fraction of sp³-hybridized carbons (Fsp3) is 0.222. The maximum absolute atomic E-state index is 11.3. The maximum atomic E-state index is 11.3. The number of anilines is 1. The number of benzene rings is 1. The molecule has 0 aliphatic rings. The zero-order valence-electron chi connectivity index (χ0n) is 8.12. The molecule has 5 nitrogen and oxygen atoms in total. The van der Waals surface area contributed by atoms with Gasteiger partial charge in [0.25, 0.3) is 0 Å². The molecule has 0 fully saturated rings. The van der Waals surface area contributed by atoms with Gasteiger partial charge in [-0.3, -0.25) is 9.10 Å². The summed E-state index contributed by atoms with van der Waals surface area (Å²) in [4.78, 5) is 10.5. The first kappa shape index (κ1) is 11.5. The number of nitrogens with zero attached hydrogens (tertiary/aromatic N) is 1. The van der Waals surface area contributed by atoms with Gasteiger partial charge in [0.2, 0.25) is 10.0 Å². The van der Waals surface area contributed by atoms with Gasteiger partial charge in [-0.1, -0.05) is 18.2 Å². The van der Waals surface area contributed by atoms with E-state index >= 15 is 0 Å². The van der Waals surface area contributed by atoms with Gasteiger partial charge in [0.1, 0.15) is 6.54 Å². The van der Waals surface area contributed by atoms with E-state index in [0.29, 0.717) is 5.69 Å². The van der Waals surface area contributed by atoms with Gasteiger partial charge in [-0.05, 0) is 12.1 Å². The van der Waals surface area contributed by atoms with E-state index in [1.54, 1.807) is 30.3 Å². The number of sulfonamides is 1. The highest BCUT2D eigenvalue weighted by atomic mass is 32.2. The number of carbonyl (C=O) groups is 1. The summed E-state index contributed by atoms with van der Waals surface area (Å²) in [5, 5.41) is 8.60. The minimum atomic E-state index is -3.56. The van der Waals surface area contributed by atoms with Gasteiger partial charge in [0.15, 0.2) is 0 Å². The Bertz CT molecular complexity index is 440. The molecule has 0 amide bonds. The van der Waals surface area contributed by atoms with Crippen molar-refractivity contribution in [3.05, 3.63) is 30.3 Å². The number of rotatable bonds is 4. The zero-order chi connectivity index (χ0) is 11.5. The largest absolute Gasteiger partial charge is 0.480 e. The highest BCUT2D eigenvalue weighted by Crippen LogP contribution is 2.15. The summed E-state index contributed by atoms with van der Waals surface area (Å²) >= 11 is 0. The van der Waals surface area contributed by atoms with Crippen LogP contribution >= 0.6 is 0 Å². The molecule has 0 aliphatic heterocycles. The smallest absolute Gasteiger partial charge is 0.324 e. The van der Waals surface area contributed by atoms with Gasteiger partial charge in [-0.2, -0.15) is 0 Å². The molecule has 0 saturated carbocycles. The fourth-order valence-electron chi connectivity index (χ4n) is 1.12. The van der Waals surface area contributed by atoms with E-state index in [0.717, 1.165) is 10.6 Å². The van der Waals surface area contributed by atoms with E-state index in [9.17, 15) is 13.2 Å². The van der Waals surface area contributed by atoms with Crippen molar-refractivity contribution in [1.29, 1.82) is 0 Å². The first-order chi connectivity index (χ1) is 6.91. The Morgan fingerprint density at radius 3 is 2.27 bits per heavy atom. The molecule has 1 aromatic rings. The summed E-state index contributed by atoms with van der Waals surface area (Å²) in [6, 6.07) is 8.11. The Kier molecular flexibility index (Phi) is 3.31. The molecule has 1 rings (SSSR count). The highest BCUT2D eigenvalue weighted by Gasteiger charge is 2.19. The van der Waals surface area contributed by atoms with Crippen molar-refractivity contribution in [2.75, 3.05) is 17.1 Å². The molecule has 0 heterocycles. The van der Waals surface area contributed by atoms with Crippen LogP contribution in [0.3, 0.4) is 0 Å². The normalized spacial score (nSPS) is 11.0. The van der Waals surface area contributed by atoms with Crippen LogP contribution in [0.15, 0.2) is 30.3 Å². The van der Waals surface area contributed by atoms with Crippen LogP contribution in [0.25, 0.3) is 0 Å². The summed E-state index contributed by atoms with van der Waals surface area (Å²) < 4.78 is 23.5. The van der Waals surface area contributed by atoms with Crippen molar-refractivity contribution in [3.63, 3.8) is 0 Å². The molecule has 0 saturated heterocycles. The molecule has 0 radical (unpaired) electrons. The topological polar surface area (TPSA) is 74.7 Å². The minimum absolute atomic E-state index is 0.349. The number of carboxylic acids is 1. The first-order valence-corrected chi connectivity index (χ1v) is 6.00. The lowest BCUT2D eigenvalue weighted by Crippen LogP contribution is -2.34. The lowest BCUT2D eigenvalue weighted by Gasteiger charge is -2.19. The van der Waals surface area contributed by atoms with Crippen LogP contribution < -0.4 is 4.31 Å². The summed E-state index contributed by atoms with van der Waals surface area (Å²) in [6.07, 6.45) is 0.975. The highest BCUT2D eigenvalue weighted by molar-refractivity contribution is 7.92. The Hall–Kier alpha value is -1.56. The lowest BCUT2D eigenvalue weighted by atomic mass is 10.3. The molecule has 0 atom stereocenters. The van der Waals surface area contributed by atoms with Crippen LogP contribution in [0.2, 0.25) is 0 Å². The molecule has 0 aromatic heterocycles. The van der Waals surface area contributed by atoms with E-state index in [2.05, 4.69) is 0 Å². The van der Waals surface area contributed by atoms with Gasteiger partial charge in [-0.25, -0.2) is 8.42 Å². The molecule has 0 bridgehead atoms. The number of aliphatic carboxylic acids is 1. The molecule has 15 heavy (non-hydrogen) atoms. The van der Waals surface area contributed by atoms with Crippen LogP contribution in [0.1, 0.15) is 0 Å². The van der Waals surface area contributed by atoms with Gasteiger partial charge >= 0.3 is 5.97 Å². The molecule has 6 heteroatoms. The molecule has 0 unspecified atom stereocenters. The predicted octanol–water partition coefficient (Wildman–Crippen LogP) is 0.537. The van der Waals surface area contributed by atoms with Crippen molar-refractivity contribution in [2.24, 2.45) is 0 Å². The van der Waals surface area contributed by atoms with Crippen molar-refractivity contribution in [3.8, 4) is 0 Å². The van der Waals surface area contributed by atoms with Gasteiger partial charge in [0.05, 0.1) is 11.9 Å². The predicted molar refractivity (Wildman–Crippen MR) is 56.3 cm³/mol. The first-order valence-electron chi connectivity index (χ1n) is 4.16.